The van der Waals surface area contributed by atoms with Gasteiger partial charge in [0.25, 0.3) is 17.7 Å². The lowest BCUT2D eigenvalue weighted by atomic mass is 10.1. The van der Waals surface area contributed by atoms with Crippen molar-refractivity contribution in [1.29, 1.82) is 0 Å². The number of fused-ring (bicyclic) bond motifs is 7. The summed E-state index contributed by atoms with van der Waals surface area (Å²) in [6, 6.07) is 11.5. The highest BCUT2D eigenvalue weighted by molar-refractivity contribution is 5.96. The van der Waals surface area contributed by atoms with Gasteiger partial charge in [0.2, 0.25) is 0 Å². The maximum absolute atomic E-state index is 13.4. The molecule has 39 heavy (non-hydrogen) atoms. The van der Waals surface area contributed by atoms with E-state index in [-0.39, 0.29) is 54.8 Å². The molecule has 1 fully saturated rings. The van der Waals surface area contributed by atoms with Crippen LogP contribution in [0.5, 0.6) is 17.2 Å². The number of oxazole rings is 1. The van der Waals surface area contributed by atoms with Crippen LogP contribution in [0.3, 0.4) is 0 Å². The van der Waals surface area contributed by atoms with E-state index in [0.29, 0.717) is 29.4 Å². The molecule has 6 rings (SSSR count). The first-order valence-corrected chi connectivity index (χ1v) is 12.7. The van der Waals surface area contributed by atoms with Crippen molar-refractivity contribution < 1.29 is 33.0 Å². The number of ether oxygens (including phenoxy) is 3. The molecular formula is C28H30N4O7. The minimum absolute atomic E-state index is 0.0155. The Morgan fingerprint density at radius 2 is 1.92 bits per heavy atom. The SMILES string of the molecule is COc1ccc2cc1OCC(=O)NCc1ccc(cc1)O[C@H]1CN(C(=O)c3ncoc3C(C)C)C[C@@H]1NC2=O. The lowest BCUT2D eigenvalue weighted by Gasteiger charge is -2.21. The number of aromatic nitrogens is 1. The van der Waals surface area contributed by atoms with E-state index in [9.17, 15) is 14.4 Å². The number of nitrogens with one attached hydrogen (secondary N) is 2. The molecule has 204 valence electrons. The smallest absolute Gasteiger partial charge is 0.276 e. The summed E-state index contributed by atoms with van der Waals surface area (Å²) in [7, 11) is 1.48. The van der Waals surface area contributed by atoms with Crippen LogP contribution >= 0.6 is 0 Å². The van der Waals surface area contributed by atoms with Crippen molar-refractivity contribution in [3.63, 3.8) is 0 Å². The highest BCUT2D eigenvalue weighted by Crippen LogP contribution is 2.29. The Morgan fingerprint density at radius 3 is 2.67 bits per heavy atom. The quantitative estimate of drug-likeness (QED) is 0.524. The second-order valence-electron chi connectivity index (χ2n) is 9.74. The standard InChI is InChI=1S/C28H30N4O7/c1-16(2)26-25(30-15-38-26)28(35)32-12-20-23(13-32)39-19-7-4-17(5-8-19)11-29-24(33)14-37-22-10-18(27(34)31-20)6-9-21(22)36-3/h4-10,15-16,20,23H,11-14H2,1-3H3,(H,29,33)(H,31,34)/t20-,23-/m0/s1. The fraction of sp³-hybridized carbons (Fsp3) is 0.357. The van der Waals surface area contributed by atoms with Crippen molar-refractivity contribution in [1.82, 2.24) is 20.5 Å². The molecule has 0 aliphatic carbocycles. The monoisotopic (exact) mass is 534 g/mol. The molecule has 11 nitrogen and oxygen atoms in total. The lowest BCUT2D eigenvalue weighted by molar-refractivity contribution is -0.123. The molecule has 4 bridgehead atoms. The molecule has 0 unspecified atom stereocenters. The topological polar surface area (TPSA) is 132 Å². The number of benzene rings is 2. The van der Waals surface area contributed by atoms with Gasteiger partial charge in [0, 0.05) is 24.6 Å². The Labute approximate surface area is 225 Å². The van der Waals surface area contributed by atoms with Gasteiger partial charge >= 0.3 is 0 Å². The van der Waals surface area contributed by atoms with Gasteiger partial charge in [-0.2, -0.15) is 0 Å². The molecule has 0 radical (unpaired) electrons. The van der Waals surface area contributed by atoms with Gasteiger partial charge in [-0.1, -0.05) is 26.0 Å². The third-order valence-corrected chi connectivity index (χ3v) is 6.68. The van der Waals surface area contributed by atoms with E-state index in [2.05, 4.69) is 15.6 Å². The second kappa shape index (κ2) is 11.1. The number of rotatable bonds is 3. The first-order chi connectivity index (χ1) is 18.8. The van der Waals surface area contributed by atoms with E-state index >= 15 is 0 Å². The van der Waals surface area contributed by atoms with Gasteiger partial charge in [0.05, 0.1) is 19.7 Å². The second-order valence-corrected chi connectivity index (χ2v) is 9.74. The zero-order chi connectivity index (χ0) is 27.5. The third kappa shape index (κ3) is 5.66. The fourth-order valence-corrected chi connectivity index (χ4v) is 4.61. The van der Waals surface area contributed by atoms with Crippen LogP contribution < -0.4 is 24.8 Å². The van der Waals surface area contributed by atoms with Crippen LogP contribution in [0, 0.1) is 0 Å². The Morgan fingerprint density at radius 1 is 1.13 bits per heavy atom. The van der Waals surface area contributed by atoms with Gasteiger partial charge in [-0.05, 0) is 35.9 Å². The highest BCUT2D eigenvalue weighted by Gasteiger charge is 2.40. The zero-order valence-corrected chi connectivity index (χ0v) is 21.9. The fourth-order valence-electron chi connectivity index (χ4n) is 4.61. The molecule has 1 saturated heterocycles. The number of carbonyl (C=O) groups is 3. The van der Waals surface area contributed by atoms with Crippen molar-refractivity contribution in [2.45, 2.75) is 38.5 Å². The molecule has 3 aromatic rings. The highest BCUT2D eigenvalue weighted by atomic mass is 16.5. The number of nitrogens with zero attached hydrogens (tertiary/aromatic N) is 2. The number of hydrogen-bond acceptors (Lipinski definition) is 8. The van der Waals surface area contributed by atoms with Crippen LogP contribution in [0.4, 0.5) is 0 Å². The molecule has 0 saturated carbocycles. The van der Waals surface area contributed by atoms with Gasteiger partial charge in [-0.3, -0.25) is 14.4 Å². The summed E-state index contributed by atoms with van der Waals surface area (Å²) < 4.78 is 22.7. The molecule has 2 aromatic carbocycles. The number of carbonyl (C=O) groups excluding carboxylic acids is 3. The zero-order valence-electron chi connectivity index (χ0n) is 21.9. The minimum Gasteiger partial charge on any atom is -0.493 e. The van der Waals surface area contributed by atoms with Gasteiger partial charge in [-0.15, -0.1) is 0 Å². The van der Waals surface area contributed by atoms with Crippen LogP contribution in [0.15, 0.2) is 53.3 Å². The molecule has 4 heterocycles. The summed E-state index contributed by atoms with van der Waals surface area (Å²) >= 11 is 0. The van der Waals surface area contributed by atoms with Gasteiger partial charge in [-0.25, -0.2) is 4.98 Å². The number of amides is 3. The number of methoxy groups -OCH3 is 1. The van der Waals surface area contributed by atoms with Crippen molar-refractivity contribution >= 4 is 17.7 Å². The maximum Gasteiger partial charge on any atom is 0.276 e. The van der Waals surface area contributed by atoms with E-state index in [0.717, 1.165) is 5.56 Å². The number of likely N-dealkylation sites (tertiary alicyclic amines) is 1. The van der Waals surface area contributed by atoms with E-state index in [4.69, 9.17) is 18.6 Å². The van der Waals surface area contributed by atoms with E-state index < -0.39 is 12.1 Å². The molecular weight excluding hydrogens is 504 g/mol. The molecule has 0 spiro atoms. The van der Waals surface area contributed by atoms with Gasteiger partial charge in [0.15, 0.2) is 30.2 Å². The van der Waals surface area contributed by atoms with Gasteiger partial charge < -0.3 is 34.2 Å². The van der Waals surface area contributed by atoms with Crippen LogP contribution in [-0.4, -0.2) is 66.6 Å². The first-order valence-electron chi connectivity index (χ1n) is 12.7. The van der Waals surface area contributed by atoms with Crippen molar-refractivity contribution in [3.8, 4) is 17.2 Å². The van der Waals surface area contributed by atoms with E-state index in [1.165, 1.54) is 19.6 Å². The first kappa shape index (κ1) is 26.1. The Hall–Kier alpha value is -4.54. The van der Waals surface area contributed by atoms with Crippen molar-refractivity contribution in [2.75, 3.05) is 26.8 Å². The maximum atomic E-state index is 13.4. The summed E-state index contributed by atoms with van der Waals surface area (Å²) in [5.74, 6) is 0.737. The predicted molar refractivity (Wildman–Crippen MR) is 139 cm³/mol. The van der Waals surface area contributed by atoms with Crippen molar-refractivity contribution in [2.24, 2.45) is 0 Å². The molecule has 3 amide bonds. The summed E-state index contributed by atoms with van der Waals surface area (Å²) in [5.41, 5.74) is 1.44. The number of hydrogen-bond donors (Lipinski definition) is 2. The van der Waals surface area contributed by atoms with Crippen molar-refractivity contribution in [3.05, 3.63) is 71.4 Å². The summed E-state index contributed by atoms with van der Waals surface area (Å²) in [6.07, 6.45) is 0.746. The average molecular weight is 535 g/mol. The summed E-state index contributed by atoms with van der Waals surface area (Å²) in [6.45, 7) is 4.38. The Balaban J connectivity index is 1.45. The predicted octanol–water partition coefficient (Wildman–Crippen LogP) is 2.52. The average Bonchev–Trinajstić information content (AvgIpc) is 3.58. The molecule has 2 N–H and O–H groups in total. The molecule has 1 aromatic heterocycles. The molecule has 11 heteroatoms. The lowest BCUT2D eigenvalue weighted by Crippen LogP contribution is -2.45. The van der Waals surface area contributed by atoms with Crippen LogP contribution in [0.25, 0.3) is 0 Å². The van der Waals surface area contributed by atoms with E-state index in [1.807, 2.05) is 26.0 Å². The Kier molecular flexibility index (Phi) is 7.40. The molecule has 3 aliphatic heterocycles. The normalized spacial score (nSPS) is 19.4. The third-order valence-electron chi connectivity index (χ3n) is 6.68. The van der Waals surface area contributed by atoms with Crippen LogP contribution in [0.2, 0.25) is 0 Å². The minimum atomic E-state index is -0.525. The van der Waals surface area contributed by atoms with Crippen LogP contribution in [0.1, 0.15) is 51.9 Å². The van der Waals surface area contributed by atoms with Crippen LogP contribution in [-0.2, 0) is 11.3 Å². The molecule has 2 atom stereocenters. The Bertz CT molecular complexity index is 1370. The van der Waals surface area contributed by atoms with E-state index in [1.54, 1.807) is 29.2 Å². The summed E-state index contributed by atoms with van der Waals surface area (Å²) in [5, 5.41) is 5.82. The largest absolute Gasteiger partial charge is 0.493 e. The molecule has 3 aliphatic rings. The summed E-state index contributed by atoms with van der Waals surface area (Å²) in [4.78, 5) is 44.8. The van der Waals surface area contributed by atoms with Gasteiger partial charge in [0.1, 0.15) is 17.6 Å².